The molecule has 0 saturated carbocycles. The first-order chi connectivity index (χ1) is 15.5. The predicted molar refractivity (Wildman–Crippen MR) is 119 cm³/mol. The van der Waals surface area contributed by atoms with Gasteiger partial charge in [0, 0.05) is 56.6 Å². The van der Waals surface area contributed by atoms with Gasteiger partial charge in [-0.1, -0.05) is 19.1 Å². The number of halogens is 1. The molecule has 3 saturated heterocycles. The number of rotatable bonds is 4. The number of nitrogens with one attached hydrogen (secondary N) is 3. The Bertz CT molecular complexity index is 978. The number of carbonyl (C=O) groups is 1. The maximum atomic E-state index is 14.7. The van der Waals surface area contributed by atoms with Gasteiger partial charge in [-0.3, -0.25) is 10.2 Å². The first kappa shape index (κ1) is 21.2. The molecule has 3 aliphatic rings. The molecule has 3 atom stereocenters. The molecule has 5 rings (SSSR count). The summed E-state index contributed by atoms with van der Waals surface area (Å²) in [5.74, 6) is 0.165. The molecule has 32 heavy (non-hydrogen) atoms. The van der Waals surface area contributed by atoms with Crippen molar-refractivity contribution in [1.29, 1.82) is 0 Å². The van der Waals surface area contributed by atoms with Crippen molar-refractivity contribution in [3.63, 3.8) is 0 Å². The summed E-state index contributed by atoms with van der Waals surface area (Å²) in [4.78, 5) is 26.5. The Kier molecular flexibility index (Phi) is 5.76. The van der Waals surface area contributed by atoms with Crippen molar-refractivity contribution < 1.29 is 9.18 Å². The number of fused-ring (bicyclic) bond motifs is 1. The number of nitrogens with zero attached hydrogens (tertiary/aromatic N) is 5. The van der Waals surface area contributed by atoms with E-state index in [0.29, 0.717) is 12.1 Å². The number of carbonyl (C=O) groups excluding carboxylic acids is 1. The second-order valence-electron chi connectivity index (χ2n) is 8.67. The number of aryl methyl sites for hydroxylation is 1. The van der Waals surface area contributed by atoms with Crippen LogP contribution in [0.1, 0.15) is 30.5 Å². The van der Waals surface area contributed by atoms with E-state index in [2.05, 4.69) is 43.1 Å². The monoisotopic (exact) mass is 440 g/mol. The van der Waals surface area contributed by atoms with E-state index in [-0.39, 0.29) is 30.5 Å². The van der Waals surface area contributed by atoms with Gasteiger partial charge in [-0.05, 0) is 25.1 Å². The highest BCUT2D eigenvalue weighted by molar-refractivity contribution is 5.94. The summed E-state index contributed by atoms with van der Waals surface area (Å²) in [6.45, 7) is 5.75. The van der Waals surface area contributed by atoms with E-state index in [1.807, 2.05) is 25.4 Å². The lowest BCUT2D eigenvalue weighted by Gasteiger charge is -2.37. The van der Waals surface area contributed by atoms with Crippen LogP contribution in [-0.4, -0.2) is 66.1 Å². The highest BCUT2D eigenvalue weighted by Crippen LogP contribution is 2.32. The van der Waals surface area contributed by atoms with E-state index < -0.39 is 5.82 Å². The molecule has 3 N–H and O–H groups in total. The molecule has 0 bridgehead atoms. The number of piperazine rings is 1. The van der Waals surface area contributed by atoms with Crippen LogP contribution >= 0.6 is 0 Å². The van der Waals surface area contributed by atoms with Gasteiger partial charge in [0.25, 0.3) is 0 Å². The van der Waals surface area contributed by atoms with E-state index in [9.17, 15) is 9.18 Å². The first-order valence-electron chi connectivity index (χ1n) is 11.2. The zero-order valence-corrected chi connectivity index (χ0v) is 18.4. The van der Waals surface area contributed by atoms with Crippen molar-refractivity contribution in [2.75, 3.05) is 43.1 Å². The van der Waals surface area contributed by atoms with Crippen LogP contribution < -0.4 is 26.2 Å². The average Bonchev–Trinajstić information content (AvgIpc) is 3.21. The Morgan fingerprint density at radius 2 is 1.88 bits per heavy atom. The largest absolute Gasteiger partial charge is 0.338 e. The third-order valence-corrected chi connectivity index (χ3v) is 6.62. The number of hydrogen-bond donors (Lipinski definition) is 3. The lowest BCUT2D eigenvalue weighted by molar-refractivity contribution is -0.121. The lowest BCUT2D eigenvalue weighted by Crippen LogP contribution is -2.60. The molecule has 170 valence electrons. The Morgan fingerprint density at radius 1 is 1.12 bits per heavy atom. The topological polar surface area (TPSA) is 88.7 Å². The van der Waals surface area contributed by atoms with Crippen LogP contribution in [-0.2, 0) is 11.2 Å². The molecule has 2 aromatic rings. The van der Waals surface area contributed by atoms with Gasteiger partial charge < -0.3 is 9.80 Å². The molecule has 0 spiro atoms. The molecular formula is C22H29FN8O. The van der Waals surface area contributed by atoms with Crippen LogP contribution in [0.3, 0.4) is 0 Å². The molecule has 9 nitrogen and oxygen atoms in total. The standard InChI is InChI=1S/C22H29FN8O/c1-3-14-5-4-6-16(23)21(14)31-18(32)11-17-20(28-31)19(27-26-17)15-12-24-22(25-13-15)30-9-7-29(2)8-10-30/h4-6,12-13,17,19-20,26-28H,3,7-11H2,1-2H3. The number of aromatic nitrogens is 2. The first-order valence-corrected chi connectivity index (χ1v) is 11.2. The summed E-state index contributed by atoms with van der Waals surface area (Å²) in [5.41, 5.74) is 11.8. The summed E-state index contributed by atoms with van der Waals surface area (Å²) in [7, 11) is 2.12. The zero-order chi connectivity index (χ0) is 22.2. The van der Waals surface area contributed by atoms with Gasteiger partial charge in [0.1, 0.15) is 5.82 Å². The van der Waals surface area contributed by atoms with Crippen LogP contribution in [0, 0.1) is 5.82 Å². The molecule has 1 aromatic carbocycles. The van der Waals surface area contributed by atoms with Gasteiger partial charge in [-0.25, -0.2) is 30.2 Å². The molecule has 3 fully saturated rings. The van der Waals surface area contributed by atoms with Gasteiger partial charge in [0.2, 0.25) is 11.9 Å². The Hall–Kier alpha value is -2.66. The van der Waals surface area contributed by atoms with Crippen molar-refractivity contribution >= 4 is 17.5 Å². The van der Waals surface area contributed by atoms with Crippen LogP contribution in [0.2, 0.25) is 0 Å². The van der Waals surface area contributed by atoms with E-state index in [0.717, 1.165) is 43.3 Å². The molecule has 1 aromatic heterocycles. The summed E-state index contributed by atoms with van der Waals surface area (Å²) in [6.07, 6.45) is 4.57. The second kappa shape index (κ2) is 8.70. The number of hydrogen-bond acceptors (Lipinski definition) is 8. The van der Waals surface area contributed by atoms with Crippen molar-refractivity contribution in [2.24, 2.45) is 0 Å². The fraction of sp³-hybridized carbons (Fsp3) is 0.500. The van der Waals surface area contributed by atoms with Crippen molar-refractivity contribution in [3.8, 4) is 0 Å². The maximum absolute atomic E-state index is 14.7. The molecular weight excluding hydrogens is 411 g/mol. The molecule has 3 aliphatic heterocycles. The summed E-state index contributed by atoms with van der Waals surface area (Å²) >= 11 is 0. The summed E-state index contributed by atoms with van der Waals surface area (Å²) < 4.78 is 14.7. The fourth-order valence-corrected chi connectivity index (χ4v) is 4.69. The molecule has 0 aliphatic carbocycles. The van der Waals surface area contributed by atoms with Crippen LogP contribution in [0.4, 0.5) is 16.0 Å². The maximum Gasteiger partial charge on any atom is 0.243 e. The van der Waals surface area contributed by atoms with Crippen molar-refractivity contribution in [1.82, 2.24) is 31.1 Å². The number of para-hydroxylation sites is 1. The molecule has 4 heterocycles. The molecule has 10 heteroatoms. The number of amides is 1. The minimum absolute atomic E-state index is 0.113. The minimum Gasteiger partial charge on any atom is -0.338 e. The lowest BCUT2D eigenvalue weighted by atomic mass is 9.94. The smallest absolute Gasteiger partial charge is 0.243 e. The molecule has 3 unspecified atom stereocenters. The number of anilines is 2. The number of benzene rings is 1. The van der Waals surface area contributed by atoms with Gasteiger partial charge in [-0.15, -0.1) is 0 Å². The van der Waals surface area contributed by atoms with E-state index in [1.165, 1.54) is 11.1 Å². The SMILES string of the molecule is CCc1cccc(F)c1N1NC2C(CC1=O)NNC2c1cnc(N2CCN(C)CC2)nc1. The van der Waals surface area contributed by atoms with Gasteiger partial charge in [0.05, 0.1) is 17.8 Å². The van der Waals surface area contributed by atoms with Gasteiger partial charge >= 0.3 is 0 Å². The predicted octanol–water partition coefficient (Wildman–Crippen LogP) is 0.758. The van der Waals surface area contributed by atoms with Gasteiger partial charge in [-0.2, -0.15) is 0 Å². The summed E-state index contributed by atoms with van der Waals surface area (Å²) in [6, 6.07) is 4.49. The van der Waals surface area contributed by atoms with Crippen molar-refractivity contribution in [2.45, 2.75) is 37.9 Å². The van der Waals surface area contributed by atoms with Crippen molar-refractivity contribution in [3.05, 3.63) is 47.5 Å². The highest BCUT2D eigenvalue weighted by Gasteiger charge is 2.44. The van der Waals surface area contributed by atoms with Crippen LogP contribution in [0.25, 0.3) is 0 Å². The zero-order valence-electron chi connectivity index (χ0n) is 18.4. The third kappa shape index (κ3) is 3.83. The highest BCUT2D eigenvalue weighted by atomic mass is 19.1. The molecule has 1 amide bonds. The van der Waals surface area contributed by atoms with Gasteiger partial charge in [0.15, 0.2) is 0 Å². The van der Waals surface area contributed by atoms with E-state index in [1.54, 1.807) is 6.07 Å². The number of hydrazine groups is 2. The minimum atomic E-state index is -0.404. The van der Waals surface area contributed by atoms with E-state index >= 15 is 0 Å². The average molecular weight is 441 g/mol. The third-order valence-electron chi connectivity index (χ3n) is 6.62. The quantitative estimate of drug-likeness (QED) is 0.642. The number of likely N-dealkylation sites (N-methyl/N-ethyl adjacent to an activating group) is 1. The second-order valence-corrected chi connectivity index (χ2v) is 8.67. The van der Waals surface area contributed by atoms with E-state index in [4.69, 9.17) is 0 Å². The molecule has 0 radical (unpaired) electrons. The Balaban J connectivity index is 1.36. The Morgan fingerprint density at radius 3 is 2.59 bits per heavy atom. The Labute approximate surface area is 186 Å². The fourth-order valence-electron chi connectivity index (χ4n) is 4.69. The van der Waals surface area contributed by atoms with Crippen LogP contribution in [0.15, 0.2) is 30.6 Å². The normalized spacial score (nSPS) is 26.5. The van der Waals surface area contributed by atoms with Crippen LogP contribution in [0.5, 0.6) is 0 Å². The summed E-state index contributed by atoms with van der Waals surface area (Å²) in [5, 5.41) is 1.39.